The average Bonchev–Trinajstić information content (AvgIpc) is 2.71. The Labute approximate surface area is 184 Å². The number of esters is 1. The number of sulfonamides is 1. The molecule has 0 bridgehead atoms. The number of carbonyl (C=O) groups is 1. The van der Waals surface area contributed by atoms with Crippen LogP contribution in [0.15, 0.2) is 63.4 Å². The van der Waals surface area contributed by atoms with Gasteiger partial charge in [-0.25, -0.2) is 18.2 Å². The van der Waals surface area contributed by atoms with Gasteiger partial charge in [0.15, 0.2) is 5.16 Å². The molecule has 162 valence electrons. The van der Waals surface area contributed by atoms with Gasteiger partial charge in [0.1, 0.15) is 6.61 Å². The minimum Gasteiger partial charge on any atom is -0.456 e. The molecule has 0 radical (unpaired) electrons. The normalized spacial score (nSPS) is 11.2. The largest absolute Gasteiger partial charge is 0.456 e. The minimum atomic E-state index is -3.90. The number of aromatic nitrogens is 2. The maximum absolute atomic E-state index is 12.8. The van der Waals surface area contributed by atoms with Crippen molar-refractivity contribution in [1.82, 2.24) is 9.97 Å². The summed E-state index contributed by atoms with van der Waals surface area (Å²) >= 11 is 1.26. The van der Waals surface area contributed by atoms with Crippen molar-refractivity contribution in [2.45, 2.75) is 30.5 Å². The maximum Gasteiger partial charge on any atom is 0.338 e. The first-order valence-electron chi connectivity index (χ1n) is 9.19. The van der Waals surface area contributed by atoms with Gasteiger partial charge in [-0.3, -0.25) is 9.52 Å². The SMILES string of the molecule is CSc1nc(COC(=O)c2cc(S(=O)(=O)Nc3cccc(C)c3)ccc2C)cc(=O)[nH]1. The Kier molecular flexibility index (Phi) is 6.81. The van der Waals surface area contributed by atoms with Crippen molar-refractivity contribution in [2.75, 3.05) is 11.0 Å². The molecule has 0 aliphatic carbocycles. The van der Waals surface area contributed by atoms with Crippen LogP contribution in [0.3, 0.4) is 0 Å². The van der Waals surface area contributed by atoms with Crippen LogP contribution in [-0.2, 0) is 21.4 Å². The van der Waals surface area contributed by atoms with Crippen LogP contribution in [0.25, 0.3) is 0 Å². The first-order valence-corrected chi connectivity index (χ1v) is 11.9. The van der Waals surface area contributed by atoms with Crippen LogP contribution in [0.4, 0.5) is 5.69 Å². The number of nitrogens with one attached hydrogen (secondary N) is 2. The monoisotopic (exact) mass is 459 g/mol. The van der Waals surface area contributed by atoms with Crippen LogP contribution in [0.5, 0.6) is 0 Å². The molecular formula is C21H21N3O5S2. The summed E-state index contributed by atoms with van der Waals surface area (Å²) < 4.78 is 33.3. The molecule has 0 amide bonds. The average molecular weight is 460 g/mol. The molecule has 0 aliphatic heterocycles. The number of hydrogen-bond donors (Lipinski definition) is 2. The number of aromatic amines is 1. The summed E-state index contributed by atoms with van der Waals surface area (Å²) in [4.78, 5) is 30.9. The zero-order chi connectivity index (χ0) is 22.6. The Morgan fingerprint density at radius 2 is 1.94 bits per heavy atom. The highest BCUT2D eigenvalue weighted by Gasteiger charge is 2.19. The van der Waals surface area contributed by atoms with Crippen molar-refractivity contribution < 1.29 is 17.9 Å². The molecule has 0 saturated heterocycles. The fraction of sp³-hybridized carbons (Fsp3) is 0.190. The van der Waals surface area contributed by atoms with Crippen LogP contribution in [0, 0.1) is 13.8 Å². The second-order valence-corrected chi connectivity index (χ2v) is 9.25. The third kappa shape index (κ3) is 5.74. The van der Waals surface area contributed by atoms with Gasteiger partial charge in [-0.15, -0.1) is 0 Å². The van der Waals surface area contributed by atoms with E-state index in [2.05, 4.69) is 14.7 Å². The molecule has 3 rings (SSSR count). The van der Waals surface area contributed by atoms with E-state index in [1.165, 1.54) is 30.0 Å². The summed E-state index contributed by atoms with van der Waals surface area (Å²) in [6.07, 6.45) is 1.76. The number of ether oxygens (including phenoxy) is 1. The topological polar surface area (TPSA) is 118 Å². The lowest BCUT2D eigenvalue weighted by Crippen LogP contribution is -2.16. The number of aryl methyl sites for hydroxylation is 2. The predicted octanol–water partition coefficient (Wildman–Crippen LogP) is 3.27. The van der Waals surface area contributed by atoms with E-state index in [4.69, 9.17) is 4.74 Å². The highest BCUT2D eigenvalue weighted by Crippen LogP contribution is 2.21. The van der Waals surface area contributed by atoms with Gasteiger partial charge in [-0.1, -0.05) is 30.0 Å². The van der Waals surface area contributed by atoms with Gasteiger partial charge in [0, 0.05) is 11.8 Å². The summed E-state index contributed by atoms with van der Waals surface area (Å²) in [5.41, 5.74) is 1.95. The smallest absolute Gasteiger partial charge is 0.338 e. The van der Waals surface area contributed by atoms with E-state index in [0.717, 1.165) is 5.56 Å². The van der Waals surface area contributed by atoms with Crippen LogP contribution in [-0.4, -0.2) is 30.6 Å². The van der Waals surface area contributed by atoms with Gasteiger partial charge in [0.25, 0.3) is 15.6 Å². The zero-order valence-corrected chi connectivity index (χ0v) is 18.8. The van der Waals surface area contributed by atoms with Crippen LogP contribution >= 0.6 is 11.8 Å². The van der Waals surface area contributed by atoms with Gasteiger partial charge in [-0.05, 0) is 55.5 Å². The molecule has 2 aromatic carbocycles. The Bertz CT molecular complexity index is 1290. The number of rotatable bonds is 7. The molecule has 0 fully saturated rings. The quantitative estimate of drug-likeness (QED) is 0.316. The molecule has 1 heterocycles. The van der Waals surface area contributed by atoms with Gasteiger partial charge in [-0.2, -0.15) is 0 Å². The number of thioether (sulfide) groups is 1. The number of hydrogen-bond acceptors (Lipinski definition) is 7. The van der Waals surface area contributed by atoms with E-state index < -0.39 is 16.0 Å². The summed E-state index contributed by atoms with van der Waals surface area (Å²) in [6, 6.07) is 12.4. The van der Waals surface area contributed by atoms with E-state index >= 15 is 0 Å². The van der Waals surface area contributed by atoms with Gasteiger partial charge >= 0.3 is 5.97 Å². The number of H-pyrrole nitrogens is 1. The Morgan fingerprint density at radius 3 is 2.65 bits per heavy atom. The molecule has 3 aromatic rings. The molecule has 8 nitrogen and oxygen atoms in total. The van der Waals surface area contributed by atoms with Crippen LogP contribution < -0.4 is 10.3 Å². The molecule has 0 spiro atoms. The van der Waals surface area contributed by atoms with Gasteiger partial charge < -0.3 is 9.72 Å². The molecule has 0 atom stereocenters. The Morgan fingerprint density at radius 1 is 1.16 bits per heavy atom. The molecule has 10 heteroatoms. The van der Waals surface area contributed by atoms with Crippen molar-refractivity contribution in [3.05, 3.63) is 81.3 Å². The van der Waals surface area contributed by atoms with Gasteiger partial charge in [0.05, 0.1) is 16.2 Å². The highest BCUT2D eigenvalue weighted by molar-refractivity contribution is 7.98. The lowest BCUT2D eigenvalue weighted by molar-refractivity contribution is 0.0465. The molecule has 0 saturated carbocycles. The standard InChI is InChI=1S/C21H21N3O5S2/c1-13-5-4-6-15(9-13)24-31(27,28)17-8-7-14(2)18(11-17)20(26)29-12-16-10-19(25)23-21(22-16)30-3/h4-11,24H,12H2,1-3H3,(H,22,23,25). The van der Waals surface area contributed by atoms with E-state index in [0.29, 0.717) is 22.1 Å². The van der Waals surface area contributed by atoms with Gasteiger partial charge in [0.2, 0.25) is 0 Å². The van der Waals surface area contributed by atoms with Crippen molar-refractivity contribution in [3.63, 3.8) is 0 Å². The second kappa shape index (κ2) is 9.36. The summed E-state index contributed by atoms with van der Waals surface area (Å²) in [7, 11) is -3.90. The number of carbonyl (C=O) groups excluding carboxylic acids is 1. The molecule has 2 N–H and O–H groups in total. The Balaban J connectivity index is 1.80. The molecule has 0 unspecified atom stereocenters. The summed E-state index contributed by atoms with van der Waals surface area (Å²) in [5, 5.41) is 0.407. The summed E-state index contributed by atoms with van der Waals surface area (Å²) in [6.45, 7) is 3.32. The number of benzene rings is 2. The second-order valence-electron chi connectivity index (χ2n) is 6.77. The summed E-state index contributed by atoms with van der Waals surface area (Å²) in [5.74, 6) is -0.710. The minimum absolute atomic E-state index is 0.0643. The first kappa shape index (κ1) is 22.6. The van der Waals surface area contributed by atoms with Crippen LogP contribution in [0.2, 0.25) is 0 Å². The predicted molar refractivity (Wildman–Crippen MR) is 119 cm³/mol. The lowest BCUT2D eigenvalue weighted by atomic mass is 10.1. The Hall–Kier alpha value is -3.11. The van der Waals surface area contributed by atoms with Crippen molar-refractivity contribution in [3.8, 4) is 0 Å². The molecular weight excluding hydrogens is 438 g/mol. The third-order valence-electron chi connectivity index (χ3n) is 4.33. The van der Waals surface area contributed by atoms with Crippen LogP contribution in [0.1, 0.15) is 27.2 Å². The maximum atomic E-state index is 12.8. The lowest BCUT2D eigenvalue weighted by Gasteiger charge is -2.12. The van der Waals surface area contributed by atoms with E-state index in [-0.39, 0.29) is 22.6 Å². The van der Waals surface area contributed by atoms with Crippen molar-refractivity contribution in [2.24, 2.45) is 0 Å². The highest BCUT2D eigenvalue weighted by atomic mass is 32.2. The van der Waals surface area contributed by atoms with E-state index in [1.807, 2.05) is 13.0 Å². The first-order chi connectivity index (χ1) is 14.7. The van der Waals surface area contributed by atoms with Crippen molar-refractivity contribution >= 4 is 33.4 Å². The molecule has 1 aromatic heterocycles. The number of anilines is 1. The molecule has 31 heavy (non-hydrogen) atoms. The van der Waals surface area contributed by atoms with E-state index in [9.17, 15) is 18.0 Å². The van der Waals surface area contributed by atoms with Crippen molar-refractivity contribution in [1.29, 1.82) is 0 Å². The fourth-order valence-corrected chi connectivity index (χ4v) is 4.27. The fourth-order valence-electron chi connectivity index (χ4n) is 2.78. The van der Waals surface area contributed by atoms with E-state index in [1.54, 1.807) is 37.4 Å². The number of nitrogens with zero attached hydrogens (tertiary/aromatic N) is 1. The molecule has 0 aliphatic rings. The zero-order valence-electron chi connectivity index (χ0n) is 17.1. The third-order valence-corrected chi connectivity index (χ3v) is 6.29.